The van der Waals surface area contributed by atoms with E-state index >= 15 is 0 Å². The maximum absolute atomic E-state index is 13.8. The van der Waals surface area contributed by atoms with Crippen LogP contribution >= 0.6 is 12.4 Å². The fourth-order valence-electron chi connectivity index (χ4n) is 2.41. The lowest BCUT2D eigenvalue weighted by atomic mass is 10.0. The molecule has 1 N–H and O–H groups in total. The second kappa shape index (κ2) is 7.81. The lowest BCUT2D eigenvalue weighted by Gasteiger charge is -2.35. The van der Waals surface area contributed by atoms with Crippen molar-refractivity contribution in [3.63, 3.8) is 0 Å². The first-order valence-corrected chi connectivity index (χ1v) is 6.26. The molecule has 1 atom stereocenters. The summed E-state index contributed by atoms with van der Waals surface area (Å²) < 4.78 is 52.4. The van der Waals surface area contributed by atoms with E-state index in [0.29, 0.717) is 26.2 Å². The van der Waals surface area contributed by atoms with Crippen molar-refractivity contribution in [1.29, 1.82) is 0 Å². The predicted molar refractivity (Wildman–Crippen MR) is 71.4 cm³/mol. The van der Waals surface area contributed by atoms with E-state index < -0.39 is 30.5 Å². The predicted octanol–water partition coefficient (Wildman–Crippen LogP) is 2.99. The van der Waals surface area contributed by atoms with Gasteiger partial charge in [-0.15, -0.1) is 12.4 Å². The molecule has 2 rings (SSSR count). The summed E-state index contributed by atoms with van der Waals surface area (Å²) in [7, 11) is 0. The zero-order valence-corrected chi connectivity index (χ0v) is 11.6. The Morgan fingerprint density at radius 2 is 1.80 bits per heavy atom. The minimum atomic E-state index is -2.55. The number of rotatable bonds is 4. The third kappa shape index (κ3) is 4.33. The van der Waals surface area contributed by atoms with Gasteiger partial charge in [-0.25, -0.2) is 17.6 Å². The largest absolute Gasteiger partial charge is 0.314 e. The molecule has 0 spiro atoms. The highest BCUT2D eigenvalue weighted by Crippen LogP contribution is 2.30. The number of nitrogens with zero attached hydrogens (tertiary/aromatic N) is 1. The van der Waals surface area contributed by atoms with E-state index in [2.05, 4.69) is 5.32 Å². The van der Waals surface area contributed by atoms with Crippen molar-refractivity contribution >= 4 is 12.4 Å². The van der Waals surface area contributed by atoms with Crippen LogP contribution in [0.15, 0.2) is 18.2 Å². The second-order valence-corrected chi connectivity index (χ2v) is 4.59. The van der Waals surface area contributed by atoms with Crippen molar-refractivity contribution in [3.8, 4) is 0 Å². The van der Waals surface area contributed by atoms with E-state index in [9.17, 15) is 17.6 Å². The molecule has 1 fully saturated rings. The molecule has 1 heterocycles. The molecular weight excluding hydrogens is 296 g/mol. The third-order valence-electron chi connectivity index (χ3n) is 3.31. The molecule has 0 radical (unpaired) electrons. The Balaban J connectivity index is 0.00000200. The van der Waals surface area contributed by atoms with Crippen LogP contribution in [0.3, 0.4) is 0 Å². The average Bonchev–Trinajstić information content (AvgIpc) is 2.40. The van der Waals surface area contributed by atoms with Crippen molar-refractivity contribution in [2.24, 2.45) is 0 Å². The van der Waals surface area contributed by atoms with Crippen molar-refractivity contribution in [1.82, 2.24) is 10.2 Å². The second-order valence-electron chi connectivity index (χ2n) is 4.59. The van der Waals surface area contributed by atoms with Crippen LogP contribution in [0.4, 0.5) is 17.6 Å². The Morgan fingerprint density at radius 3 is 2.40 bits per heavy atom. The van der Waals surface area contributed by atoms with Crippen LogP contribution in [0.2, 0.25) is 0 Å². The first-order chi connectivity index (χ1) is 9.08. The van der Waals surface area contributed by atoms with Gasteiger partial charge in [0.2, 0.25) is 6.43 Å². The molecule has 0 amide bonds. The van der Waals surface area contributed by atoms with Gasteiger partial charge in [0.15, 0.2) is 0 Å². The van der Waals surface area contributed by atoms with Crippen LogP contribution in [-0.2, 0) is 0 Å². The van der Waals surface area contributed by atoms with Gasteiger partial charge in [-0.2, -0.15) is 0 Å². The molecule has 7 heteroatoms. The highest BCUT2D eigenvalue weighted by molar-refractivity contribution is 5.85. The van der Waals surface area contributed by atoms with E-state index in [1.54, 1.807) is 4.90 Å². The van der Waals surface area contributed by atoms with E-state index in [1.807, 2.05) is 0 Å². The Bertz CT molecular complexity index is 425. The maximum Gasteiger partial charge on any atom is 0.240 e. The fourth-order valence-corrected chi connectivity index (χ4v) is 2.41. The highest BCUT2D eigenvalue weighted by atomic mass is 35.5. The van der Waals surface area contributed by atoms with Gasteiger partial charge >= 0.3 is 0 Å². The molecule has 1 saturated heterocycles. The van der Waals surface area contributed by atoms with Crippen molar-refractivity contribution in [2.75, 3.05) is 26.2 Å². The summed E-state index contributed by atoms with van der Waals surface area (Å²) in [5.41, 5.74) is 0.0159. The first-order valence-electron chi connectivity index (χ1n) is 6.26. The van der Waals surface area contributed by atoms with Gasteiger partial charge < -0.3 is 5.32 Å². The summed E-state index contributed by atoms with van der Waals surface area (Å²) in [4.78, 5) is 1.78. The van der Waals surface area contributed by atoms with Crippen LogP contribution in [0.5, 0.6) is 0 Å². The van der Waals surface area contributed by atoms with Crippen LogP contribution in [0, 0.1) is 11.6 Å². The van der Waals surface area contributed by atoms with E-state index in [1.165, 1.54) is 0 Å². The zero-order valence-electron chi connectivity index (χ0n) is 10.8. The molecule has 114 valence electrons. The van der Waals surface area contributed by atoms with Gasteiger partial charge in [0.1, 0.15) is 11.6 Å². The van der Waals surface area contributed by atoms with Crippen LogP contribution < -0.4 is 5.32 Å². The highest BCUT2D eigenvalue weighted by Gasteiger charge is 2.27. The summed E-state index contributed by atoms with van der Waals surface area (Å²) in [5.74, 6) is -1.24. The van der Waals surface area contributed by atoms with Gasteiger partial charge in [-0.1, -0.05) is 0 Å². The van der Waals surface area contributed by atoms with Gasteiger partial charge in [0.25, 0.3) is 0 Å². The van der Waals surface area contributed by atoms with E-state index in [0.717, 1.165) is 18.2 Å². The van der Waals surface area contributed by atoms with Crippen molar-refractivity contribution in [3.05, 3.63) is 35.4 Å². The van der Waals surface area contributed by atoms with E-state index in [4.69, 9.17) is 0 Å². The first kappa shape index (κ1) is 17.2. The zero-order chi connectivity index (χ0) is 13.8. The number of benzene rings is 1. The summed E-state index contributed by atoms with van der Waals surface area (Å²) in [6, 6.07) is 2.23. The summed E-state index contributed by atoms with van der Waals surface area (Å²) in [6.07, 6.45) is -3.04. The Hall–Kier alpha value is -0.850. The number of hydrogen-bond acceptors (Lipinski definition) is 2. The summed E-state index contributed by atoms with van der Waals surface area (Å²) in [5, 5.41) is 3.10. The molecule has 20 heavy (non-hydrogen) atoms. The summed E-state index contributed by atoms with van der Waals surface area (Å²) >= 11 is 0. The molecule has 2 nitrogen and oxygen atoms in total. The Kier molecular flexibility index (Phi) is 6.71. The normalized spacial score (nSPS) is 17.9. The minimum Gasteiger partial charge on any atom is -0.314 e. The topological polar surface area (TPSA) is 15.3 Å². The van der Waals surface area contributed by atoms with Gasteiger partial charge in [-0.3, -0.25) is 4.90 Å². The molecule has 1 aromatic rings. The lowest BCUT2D eigenvalue weighted by molar-refractivity contribution is 0.0724. The molecule has 1 aliphatic heterocycles. The third-order valence-corrected chi connectivity index (χ3v) is 3.31. The molecule has 1 aromatic carbocycles. The molecule has 1 aliphatic rings. The number of hydrogen-bond donors (Lipinski definition) is 1. The minimum absolute atomic E-state index is 0. The van der Waals surface area contributed by atoms with E-state index in [-0.39, 0.29) is 18.0 Å². The Labute approximate surface area is 121 Å². The standard InChI is InChI=1S/C13H16F4N2.ClH/c14-9-1-2-11(15)10(7-9)12(8-13(16)17)19-5-3-18-4-6-19;/h1-2,7,12-13,18H,3-6,8H2;1H/t12-;/m0./s1. The summed E-state index contributed by atoms with van der Waals surface area (Å²) in [6.45, 7) is 2.42. The molecule has 0 unspecified atom stereocenters. The van der Waals surface area contributed by atoms with Crippen LogP contribution in [0.1, 0.15) is 18.0 Å². The lowest BCUT2D eigenvalue weighted by Crippen LogP contribution is -2.45. The number of alkyl halides is 2. The van der Waals surface area contributed by atoms with Crippen molar-refractivity contribution < 1.29 is 17.6 Å². The fraction of sp³-hybridized carbons (Fsp3) is 0.538. The molecule has 0 saturated carbocycles. The van der Waals surface area contributed by atoms with Crippen molar-refractivity contribution in [2.45, 2.75) is 18.9 Å². The SMILES string of the molecule is Cl.Fc1ccc(F)c([C@H](CC(F)F)N2CCNCC2)c1. The number of nitrogens with one attached hydrogen (secondary N) is 1. The Morgan fingerprint density at radius 1 is 1.15 bits per heavy atom. The molecule has 0 aromatic heterocycles. The molecule has 0 bridgehead atoms. The smallest absolute Gasteiger partial charge is 0.240 e. The monoisotopic (exact) mass is 312 g/mol. The van der Waals surface area contributed by atoms with Gasteiger partial charge in [0.05, 0.1) is 0 Å². The van der Waals surface area contributed by atoms with Gasteiger partial charge in [-0.05, 0) is 18.2 Å². The van der Waals surface area contributed by atoms with Gasteiger partial charge in [0, 0.05) is 44.2 Å². The van der Waals surface area contributed by atoms with Crippen LogP contribution in [0.25, 0.3) is 0 Å². The average molecular weight is 313 g/mol. The maximum atomic E-state index is 13.8. The molecule has 0 aliphatic carbocycles. The molecular formula is C13H17ClF4N2. The number of halogens is 5. The quantitative estimate of drug-likeness (QED) is 0.860. The van der Waals surface area contributed by atoms with Crippen LogP contribution in [-0.4, -0.2) is 37.5 Å². The number of piperazine rings is 1.